The van der Waals surface area contributed by atoms with Crippen molar-refractivity contribution in [1.29, 1.82) is 0 Å². The molecule has 0 unspecified atom stereocenters. The Kier molecular flexibility index (Phi) is 6.29. The van der Waals surface area contributed by atoms with Crippen LogP contribution in [0.5, 0.6) is 17.2 Å². The molecule has 0 bridgehead atoms. The Hall–Kier alpha value is -3.69. The maximum atomic E-state index is 12.6. The van der Waals surface area contributed by atoms with Gasteiger partial charge in [0.2, 0.25) is 12.7 Å². The zero-order chi connectivity index (χ0) is 23.5. The molecular weight excluding hydrogens is 476 g/mol. The molecule has 3 aromatic carbocycles. The Morgan fingerprint density at radius 3 is 2.74 bits per heavy atom. The number of aromatic nitrogens is 3. The summed E-state index contributed by atoms with van der Waals surface area (Å²) in [7, 11) is 1.61. The van der Waals surface area contributed by atoms with Crippen LogP contribution in [0.1, 0.15) is 0 Å². The van der Waals surface area contributed by atoms with Crippen LogP contribution in [0, 0.1) is 0 Å². The molecular formula is C24H19ClN4O4S. The van der Waals surface area contributed by atoms with Gasteiger partial charge in [0, 0.05) is 28.0 Å². The van der Waals surface area contributed by atoms with Gasteiger partial charge in [-0.2, -0.15) is 0 Å². The number of fused-ring (bicyclic) bond motifs is 1. The fourth-order valence-electron chi connectivity index (χ4n) is 3.44. The van der Waals surface area contributed by atoms with E-state index in [4.69, 9.17) is 25.8 Å². The highest BCUT2D eigenvalue weighted by Crippen LogP contribution is 2.34. The molecule has 2 heterocycles. The van der Waals surface area contributed by atoms with Gasteiger partial charge >= 0.3 is 0 Å². The molecule has 0 spiro atoms. The quantitative estimate of drug-likeness (QED) is 0.359. The number of nitrogens with one attached hydrogen (secondary N) is 1. The molecule has 172 valence electrons. The minimum atomic E-state index is -0.183. The number of amides is 1. The van der Waals surface area contributed by atoms with Crippen molar-refractivity contribution in [2.45, 2.75) is 5.16 Å². The maximum absolute atomic E-state index is 12.6. The van der Waals surface area contributed by atoms with Gasteiger partial charge in [-0.3, -0.25) is 9.36 Å². The summed E-state index contributed by atoms with van der Waals surface area (Å²) in [5, 5.41) is 12.8. The van der Waals surface area contributed by atoms with Crippen molar-refractivity contribution in [3.05, 3.63) is 71.8 Å². The number of anilines is 1. The molecule has 1 amide bonds. The summed E-state index contributed by atoms with van der Waals surface area (Å²) >= 11 is 7.37. The molecule has 34 heavy (non-hydrogen) atoms. The number of halogens is 1. The Balaban J connectivity index is 1.39. The average molecular weight is 495 g/mol. The monoisotopic (exact) mass is 494 g/mol. The number of carbonyl (C=O) groups is 1. The van der Waals surface area contributed by atoms with Crippen molar-refractivity contribution >= 4 is 35.0 Å². The first kappa shape index (κ1) is 22.1. The van der Waals surface area contributed by atoms with E-state index in [0.29, 0.717) is 38.9 Å². The Morgan fingerprint density at radius 2 is 1.91 bits per heavy atom. The highest BCUT2D eigenvalue weighted by atomic mass is 35.5. The lowest BCUT2D eigenvalue weighted by molar-refractivity contribution is -0.113. The zero-order valence-electron chi connectivity index (χ0n) is 18.0. The molecule has 5 rings (SSSR count). The molecule has 1 aromatic heterocycles. The summed E-state index contributed by atoms with van der Waals surface area (Å²) in [6, 6.07) is 20.2. The second-order valence-electron chi connectivity index (χ2n) is 7.25. The SMILES string of the molecule is COc1cccc(-c2nnc(SCC(=O)Nc3ccc4c(c3)OCO4)n2-c2ccc(Cl)cc2)c1. The van der Waals surface area contributed by atoms with E-state index in [-0.39, 0.29) is 18.5 Å². The highest BCUT2D eigenvalue weighted by Gasteiger charge is 2.19. The Labute approximate surface area is 204 Å². The molecule has 0 fully saturated rings. The van der Waals surface area contributed by atoms with Gasteiger partial charge < -0.3 is 19.5 Å². The lowest BCUT2D eigenvalue weighted by atomic mass is 10.2. The van der Waals surface area contributed by atoms with Crippen LogP contribution in [0.2, 0.25) is 5.02 Å². The minimum absolute atomic E-state index is 0.137. The van der Waals surface area contributed by atoms with E-state index < -0.39 is 0 Å². The second-order valence-corrected chi connectivity index (χ2v) is 8.63. The number of carbonyl (C=O) groups excluding carboxylic acids is 1. The topological polar surface area (TPSA) is 87.5 Å². The molecule has 0 aliphatic carbocycles. The van der Waals surface area contributed by atoms with Crippen LogP contribution in [0.3, 0.4) is 0 Å². The molecule has 0 saturated heterocycles. The molecule has 0 radical (unpaired) electrons. The number of thioether (sulfide) groups is 1. The first-order chi connectivity index (χ1) is 16.6. The predicted molar refractivity (Wildman–Crippen MR) is 130 cm³/mol. The molecule has 0 atom stereocenters. The average Bonchev–Trinajstić information content (AvgIpc) is 3.50. The van der Waals surface area contributed by atoms with Crippen LogP contribution in [0.25, 0.3) is 17.1 Å². The van der Waals surface area contributed by atoms with E-state index in [1.807, 2.05) is 41.0 Å². The number of ether oxygens (including phenoxy) is 3. The maximum Gasteiger partial charge on any atom is 0.234 e. The van der Waals surface area contributed by atoms with E-state index in [0.717, 1.165) is 11.3 Å². The van der Waals surface area contributed by atoms with E-state index >= 15 is 0 Å². The summed E-state index contributed by atoms with van der Waals surface area (Å²) in [6.07, 6.45) is 0. The van der Waals surface area contributed by atoms with Crippen molar-refractivity contribution in [3.63, 3.8) is 0 Å². The number of methoxy groups -OCH3 is 1. The number of hydrogen-bond acceptors (Lipinski definition) is 7. The molecule has 1 aliphatic rings. The molecule has 1 aliphatic heterocycles. The zero-order valence-corrected chi connectivity index (χ0v) is 19.6. The van der Waals surface area contributed by atoms with Crippen LogP contribution >= 0.6 is 23.4 Å². The van der Waals surface area contributed by atoms with E-state index in [1.165, 1.54) is 11.8 Å². The first-order valence-corrected chi connectivity index (χ1v) is 11.6. The molecule has 10 heteroatoms. The lowest BCUT2D eigenvalue weighted by Gasteiger charge is -2.11. The standard InChI is InChI=1S/C24H19ClN4O4S/c1-31-19-4-2-3-15(11-19)23-27-28-24(29(23)18-8-5-16(25)6-9-18)34-13-22(30)26-17-7-10-20-21(12-17)33-14-32-20/h2-12H,13-14H2,1H3,(H,26,30). The van der Waals surface area contributed by atoms with Gasteiger partial charge in [-0.15, -0.1) is 10.2 Å². The lowest BCUT2D eigenvalue weighted by Crippen LogP contribution is -2.14. The third kappa shape index (κ3) is 4.66. The number of benzene rings is 3. The van der Waals surface area contributed by atoms with Gasteiger partial charge in [0.05, 0.1) is 12.9 Å². The van der Waals surface area contributed by atoms with Gasteiger partial charge in [0.1, 0.15) is 5.75 Å². The van der Waals surface area contributed by atoms with Gasteiger partial charge in [0.15, 0.2) is 22.5 Å². The van der Waals surface area contributed by atoms with Gasteiger partial charge in [-0.1, -0.05) is 35.5 Å². The van der Waals surface area contributed by atoms with Gasteiger partial charge in [-0.25, -0.2) is 0 Å². The fraction of sp³-hybridized carbons (Fsp3) is 0.125. The molecule has 8 nitrogen and oxygen atoms in total. The van der Waals surface area contributed by atoms with Crippen LogP contribution in [0.4, 0.5) is 5.69 Å². The summed E-state index contributed by atoms with van der Waals surface area (Å²) in [4.78, 5) is 12.6. The van der Waals surface area contributed by atoms with Crippen LogP contribution in [0.15, 0.2) is 71.9 Å². The Bertz CT molecular complexity index is 1340. The normalized spacial score (nSPS) is 11.9. The minimum Gasteiger partial charge on any atom is -0.497 e. The van der Waals surface area contributed by atoms with Crippen LogP contribution < -0.4 is 19.5 Å². The van der Waals surface area contributed by atoms with Crippen LogP contribution in [-0.4, -0.2) is 40.3 Å². The smallest absolute Gasteiger partial charge is 0.234 e. The summed E-state index contributed by atoms with van der Waals surface area (Å²) in [5.74, 6) is 2.56. The molecule has 0 saturated carbocycles. The van der Waals surface area contributed by atoms with Crippen molar-refractivity contribution in [1.82, 2.24) is 14.8 Å². The number of hydrogen-bond donors (Lipinski definition) is 1. The van der Waals surface area contributed by atoms with E-state index in [9.17, 15) is 4.79 Å². The summed E-state index contributed by atoms with van der Waals surface area (Å²) < 4.78 is 17.9. The number of rotatable bonds is 7. The van der Waals surface area contributed by atoms with Crippen molar-refractivity contribution in [2.24, 2.45) is 0 Å². The third-order valence-electron chi connectivity index (χ3n) is 5.03. The Morgan fingerprint density at radius 1 is 1.09 bits per heavy atom. The van der Waals surface area contributed by atoms with Gasteiger partial charge in [-0.05, 0) is 48.5 Å². The van der Waals surface area contributed by atoms with Crippen molar-refractivity contribution in [3.8, 4) is 34.3 Å². The third-order valence-corrected chi connectivity index (χ3v) is 6.22. The van der Waals surface area contributed by atoms with E-state index in [1.54, 1.807) is 37.4 Å². The van der Waals surface area contributed by atoms with Crippen molar-refractivity contribution < 1.29 is 19.0 Å². The highest BCUT2D eigenvalue weighted by molar-refractivity contribution is 7.99. The fourth-order valence-corrected chi connectivity index (χ4v) is 4.31. The summed E-state index contributed by atoms with van der Waals surface area (Å²) in [6.45, 7) is 0.179. The van der Waals surface area contributed by atoms with Crippen LogP contribution in [-0.2, 0) is 4.79 Å². The van der Waals surface area contributed by atoms with Crippen molar-refractivity contribution in [2.75, 3.05) is 25.0 Å². The van der Waals surface area contributed by atoms with Gasteiger partial charge in [0.25, 0.3) is 0 Å². The predicted octanol–water partition coefficient (Wildman–Crippen LogP) is 5.06. The first-order valence-electron chi connectivity index (χ1n) is 10.3. The second kappa shape index (κ2) is 9.66. The molecule has 1 N–H and O–H groups in total. The largest absolute Gasteiger partial charge is 0.497 e. The van der Waals surface area contributed by atoms with E-state index in [2.05, 4.69) is 15.5 Å². The molecule has 4 aromatic rings. The summed E-state index contributed by atoms with van der Waals surface area (Å²) in [5.41, 5.74) is 2.29. The number of nitrogens with zero attached hydrogens (tertiary/aromatic N) is 3.